The zero-order valence-corrected chi connectivity index (χ0v) is 19.1. The van der Waals surface area contributed by atoms with Crippen LogP contribution in [0.15, 0.2) is 24.4 Å². The maximum atomic E-state index is 13.0. The largest absolute Gasteiger partial charge is 0.480 e. The number of carbonyl (C=O) groups excluding carboxylic acids is 2. The molecule has 0 radical (unpaired) electrons. The lowest BCUT2D eigenvalue weighted by molar-refractivity contribution is -0.137. The second-order valence-electron chi connectivity index (χ2n) is 9.40. The van der Waals surface area contributed by atoms with Gasteiger partial charge in [-0.05, 0) is 42.4 Å². The monoisotopic (exact) mass is 461 g/mol. The van der Waals surface area contributed by atoms with Crippen LogP contribution >= 0.6 is 11.6 Å². The maximum absolute atomic E-state index is 13.0. The highest BCUT2D eigenvalue weighted by atomic mass is 35.5. The molecule has 2 amide bonds. The quantitative estimate of drug-likeness (QED) is 0.526. The molecule has 1 aromatic heterocycles. The van der Waals surface area contributed by atoms with Crippen molar-refractivity contribution >= 4 is 35.1 Å². The van der Waals surface area contributed by atoms with E-state index in [1.54, 1.807) is 24.4 Å². The standard InChI is InChI=1S/C22H28ClN5O4/c1-22(2,3)10-19(29)24-14-6-7-17(23)16(8-14)21(32)25-18(13-4-5-13)9-15-11-28(27-26-15)12-20(30)31/h6-8,11,13,18H,4-5,9-10,12H2,1-3H3,(H,24,29)(H,25,32)(H,30,31). The zero-order chi connectivity index (χ0) is 23.5. The van der Waals surface area contributed by atoms with Gasteiger partial charge in [-0.1, -0.05) is 37.6 Å². The molecule has 3 N–H and O–H groups in total. The van der Waals surface area contributed by atoms with Gasteiger partial charge in [0.15, 0.2) is 0 Å². The van der Waals surface area contributed by atoms with Crippen molar-refractivity contribution in [2.45, 2.75) is 59.0 Å². The van der Waals surface area contributed by atoms with Gasteiger partial charge in [0.2, 0.25) is 5.91 Å². The maximum Gasteiger partial charge on any atom is 0.325 e. The van der Waals surface area contributed by atoms with Crippen LogP contribution in [0.1, 0.15) is 56.1 Å². The van der Waals surface area contributed by atoms with E-state index in [0.717, 1.165) is 12.8 Å². The van der Waals surface area contributed by atoms with Gasteiger partial charge in [0.05, 0.1) is 16.3 Å². The van der Waals surface area contributed by atoms with Crippen molar-refractivity contribution in [3.8, 4) is 0 Å². The first-order valence-corrected chi connectivity index (χ1v) is 10.9. The van der Waals surface area contributed by atoms with Crippen LogP contribution in [0.5, 0.6) is 0 Å². The van der Waals surface area contributed by atoms with Crippen molar-refractivity contribution in [2.75, 3.05) is 5.32 Å². The first-order valence-electron chi connectivity index (χ1n) is 10.5. The van der Waals surface area contributed by atoms with E-state index in [1.165, 1.54) is 4.68 Å². The number of hydrogen-bond donors (Lipinski definition) is 3. The fourth-order valence-electron chi connectivity index (χ4n) is 3.42. The molecule has 0 aliphatic heterocycles. The van der Waals surface area contributed by atoms with E-state index in [0.29, 0.717) is 35.2 Å². The number of nitrogens with one attached hydrogen (secondary N) is 2. The molecule has 3 rings (SSSR count). The van der Waals surface area contributed by atoms with Gasteiger partial charge in [-0.25, -0.2) is 4.68 Å². The summed E-state index contributed by atoms with van der Waals surface area (Å²) in [7, 11) is 0. The van der Waals surface area contributed by atoms with Crippen LogP contribution in [0.3, 0.4) is 0 Å². The van der Waals surface area contributed by atoms with Gasteiger partial charge >= 0.3 is 5.97 Å². The molecule has 172 valence electrons. The molecule has 1 heterocycles. The number of anilines is 1. The predicted octanol–water partition coefficient (Wildman–Crippen LogP) is 3.14. The minimum absolute atomic E-state index is 0.133. The summed E-state index contributed by atoms with van der Waals surface area (Å²) in [5.41, 5.74) is 1.24. The van der Waals surface area contributed by atoms with Crippen molar-refractivity contribution in [1.29, 1.82) is 0 Å². The van der Waals surface area contributed by atoms with Crippen LogP contribution in [0, 0.1) is 11.3 Å². The van der Waals surface area contributed by atoms with Crippen molar-refractivity contribution in [2.24, 2.45) is 11.3 Å². The second kappa shape index (κ2) is 9.68. The molecule has 1 fully saturated rings. The third-order valence-electron chi connectivity index (χ3n) is 5.01. The normalized spacial score (nSPS) is 14.6. The Labute approximate surface area is 191 Å². The highest BCUT2D eigenvalue weighted by Gasteiger charge is 2.33. The van der Waals surface area contributed by atoms with Crippen LogP contribution in [0.4, 0.5) is 5.69 Å². The summed E-state index contributed by atoms with van der Waals surface area (Å²) in [6.07, 6.45) is 4.35. The molecule has 1 aromatic carbocycles. The molecule has 1 saturated carbocycles. The Hall–Kier alpha value is -2.94. The number of carboxylic acids is 1. The molecular weight excluding hydrogens is 434 g/mol. The molecule has 1 atom stereocenters. The van der Waals surface area contributed by atoms with Crippen molar-refractivity contribution in [3.63, 3.8) is 0 Å². The van der Waals surface area contributed by atoms with E-state index in [9.17, 15) is 14.4 Å². The van der Waals surface area contributed by atoms with Crippen LogP contribution in [-0.2, 0) is 22.6 Å². The fraction of sp³-hybridized carbons (Fsp3) is 0.500. The summed E-state index contributed by atoms with van der Waals surface area (Å²) in [6, 6.07) is 4.66. The summed E-state index contributed by atoms with van der Waals surface area (Å²) >= 11 is 6.27. The lowest BCUT2D eigenvalue weighted by atomic mass is 9.92. The van der Waals surface area contributed by atoms with Crippen molar-refractivity contribution < 1.29 is 19.5 Å². The van der Waals surface area contributed by atoms with Gasteiger partial charge in [0.1, 0.15) is 6.54 Å². The third kappa shape index (κ3) is 7.05. The summed E-state index contributed by atoms with van der Waals surface area (Å²) in [5.74, 6) is -1.15. The molecule has 2 aromatic rings. The zero-order valence-electron chi connectivity index (χ0n) is 18.4. The summed E-state index contributed by atoms with van der Waals surface area (Å²) in [5, 5.41) is 22.8. The molecule has 0 bridgehead atoms. The minimum atomic E-state index is -1.00. The number of hydrogen-bond acceptors (Lipinski definition) is 5. The van der Waals surface area contributed by atoms with Gasteiger partial charge in [0, 0.05) is 30.8 Å². The van der Waals surface area contributed by atoms with E-state index in [-0.39, 0.29) is 35.4 Å². The number of aliphatic carboxylic acids is 1. The number of carbonyl (C=O) groups is 3. The lowest BCUT2D eigenvalue weighted by Crippen LogP contribution is -2.38. The molecule has 1 unspecified atom stereocenters. The SMILES string of the molecule is CC(C)(C)CC(=O)Nc1ccc(Cl)c(C(=O)NC(Cc2cn(CC(=O)O)nn2)C2CC2)c1. The first kappa shape index (κ1) is 23.7. The van der Waals surface area contributed by atoms with Crippen LogP contribution in [-0.4, -0.2) is 43.9 Å². The topological polar surface area (TPSA) is 126 Å². The molecule has 32 heavy (non-hydrogen) atoms. The predicted molar refractivity (Wildman–Crippen MR) is 119 cm³/mol. The van der Waals surface area contributed by atoms with E-state index >= 15 is 0 Å². The summed E-state index contributed by atoms with van der Waals surface area (Å²) in [4.78, 5) is 36.1. The summed E-state index contributed by atoms with van der Waals surface area (Å²) < 4.78 is 1.25. The van der Waals surface area contributed by atoms with Gasteiger partial charge in [-0.2, -0.15) is 0 Å². The van der Waals surface area contributed by atoms with E-state index < -0.39 is 5.97 Å². The Kier molecular flexibility index (Phi) is 7.18. The average Bonchev–Trinajstić information content (AvgIpc) is 3.42. The van der Waals surface area contributed by atoms with Crippen molar-refractivity contribution in [1.82, 2.24) is 20.3 Å². The van der Waals surface area contributed by atoms with Gasteiger partial charge in [-0.3, -0.25) is 14.4 Å². The van der Waals surface area contributed by atoms with Crippen LogP contribution in [0.2, 0.25) is 5.02 Å². The lowest BCUT2D eigenvalue weighted by Gasteiger charge is -2.19. The smallest absolute Gasteiger partial charge is 0.325 e. The Morgan fingerprint density at radius 1 is 1.28 bits per heavy atom. The van der Waals surface area contributed by atoms with Gasteiger partial charge in [-0.15, -0.1) is 5.10 Å². The van der Waals surface area contributed by atoms with Crippen molar-refractivity contribution in [3.05, 3.63) is 40.7 Å². The number of aromatic nitrogens is 3. The first-order chi connectivity index (χ1) is 15.0. The van der Waals surface area contributed by atoms with Gasteiger partial charge in [0.25, 0.3) is 5.91 Å². The van der Waals surface area contributed by atoms with Crippen LogP contribution in [0.25, 0.3) is 0 Å². The number of nitrogens with zero attached hydrogens (tertiary/aromatic N) is 3. The molecule has 1 aliphatic carbocycles. The third-order valence-corrected chi connectivity index (χ3v) is 5.34. The molecule has 0 spiro atoms. The number of rotatable bonds is 9. The molecule has 10 heteroatoms. The highest BCUT2D eigenvalue weighted by Crippen LogP contribution is 2.34. The van der Waals surface area contributed by atoms with Crippen LogP contribution < -0.4 is 10.6 Å². The molecule has 9 nitrogen and oxygen atoms in total. The highest BCUT2D eigenvalue weighted by molar-refractivity contribution is 6.34. The Bertz CT molecular complexity index is 1010. The number of halogens is 1. The Balaban J connectivity index is 1.68. The molecule has 0 saturated heterocycles. The number of benzene rings is 1. The summed E-state index contributed by atoms with van der Waals surface area (Å²) in [6.45, 7) is 5.67. The van der Waals surface area contributed by atoms with Gasteiger partial charge < -0.3 is 15.7 Å². The van der Waals surface area contributed by atoms with E-state index in [2.05, 4.69) is 20.9 Å². The minimum Gasteiger partial charge on any atom is -0.480 e. The van der Waals surface area contributed by atoms with E-state index in [4.69, 9.17) is 16.7 Å². The number of carboxylic acid groups (broad SMARTS) is 1. The van der Waals surface area contributed by atoms with E-state index in [1.807, 2.05) is 20.8 Å². The Morgan fingerprint density at radius 3 is 2.62 bits per heavy atom. The average molecular weight is 462 g/mol. The Morgan fingerprint density at radius 2 is 2.00 bits per heavy atom. The number of amides is 2. The molecular formula is C22H28ClN5O4. The molecule has 1 aliphatic rings. The second-order valence-corrected chi connectivity index (χ2v) is 9.81. The fourth-order valence-corrected chi connectivity index (χ4v) is 3.62.